The van der Waals surface area contributed by atoms with Gasteiger partial charge in [0.25, 0.3) is 5.56 Å². The van der Waals surface area contributed by atoms with Gasteiger partial charge >= 0.3 is 0 Å². The zero-order valence-corrected chi connectivity index (χ0v) is 16.1. The largest absolute Gasteiger partial charge is 0.497 e. The average Bonchev–Trinajstić information content (AvgIpc) is 2.72. The van der Waals surface area contributed by atoms with Crippen molar-refractivity contribution < 1.29 is 14.3 Å². The molecule has 0 aliphatic carbocycles. The van der Waals surface area contributed by atoms with Crippen LogP contribution in [0.3, 0.4) is 0 Å². The summed E-state index contributed by atoms with van der Waals surface area (Å²) in [4.78, 5) is 29.2. The minimum absolute atomic E-state index is 0.152. The van der Waals surface area contributed by atoms with Gasteiger partial charge in [-0.25, -0.2) is 4.98 Å². The number of hydrogen-bond donors (Lipinski definition) is 1. The third-order valence-corrected chi connectivity index (χ3v) is 4.59. The topological polar surface area (TPSA) is 82.4 Å². The molecule has 7 nitrogen and oxygen atoms in total. The number of methoxy groups -OCH3 is 2. The van der Waals surface area contributed by atoms with Crippen LogP contribution in [0.5, 0.6) is 11.5 Å². The van der Waals surface area contributed by atoms with Crippen molar-refractivity contribution in [3.8, 4) is 11.5 Å². The molecule has 3 aromatic rings. The molecule has 3 rings (SSSR count). The molecule has 0 aliphatic heterocycles. The lowest BCUT2D eigenvalue weighted by molar-refractivity contribution is -0.122. The summed E-state index contributed by atoms with van der Waals surface area (Å²) in [5.74, 6) is 1.19. The molecule has 0 spiro atoms. The van der Waals surface area contributed by atoms with Crippen molar-refractivity contribution in [3.63, 3.8) is 0 Å². The van der Waals surface area contributed by atoms with E-state index in [0.717, 1.165) is 5.56 Å². The number of nitrogens with zero attached hydrogens (tertiary/aromatic N) is 2. The molecule has 1 unspecified atom stereocenters. The van der Waals surface area contributed by atoms with Crippen LogP contribution in [0, 0.1) is 0 Å². The van der Waals surface area contributed by atoms with Crippen LogP contribution in [0.1, 0.15) is 24.9 Å². The highest BCUT2D eigenvalue weighted by Crippen LogP contribution is 2.29. The number of carbonyl (C=O) groups excluding carboxylic acids is 1. The molecule has 1 heterocycles. The molecule has 0 saturated heterocycles. The molecule has 1 aromatic heterocycles. The van der Waals surface area contributed by atoms with Gasteiger partial charge in [0.15, 0.2) is 0 Å². The number of aromatic nitrogens is 2. The number of rotatable bonds is 7. The molecule has 0 fully saturated rings. The second kappa shape index (κ2) is 8.56. The van der Waals surface area contributed by atoms with E-state index in [1.807, 2.05) is 19.1 Å². The third-order valence-electron chi connectivity index (χ3n) is 4.59. The van der Waals surface area contributed by atoms with Crippen LogP contribution in [-0.4, -0.2) is 29.7 Å². The molecule has 0 saturated carbocycles. The fraction of sp³-hybridized carbons (Fsp3) is 0.286. The standard InChI is InChI=1S/C21H23N3O4/c1-14(17-12-15(27-2)8-9-19(17)28-3)23-20(25)10-11-24-13-22-18-7-5-4-6-16(18)21(24)26/h4-9,12-14H,10-11H2,1-3H3,(H,23,25). The van der Waals surface area contributed by atoms with Crippen molar-refractivity contribution in [2.75, 3.05) is 14.2 Å². The van der Waals surface area contributed by atoms with Gasteiger partial charge in [-0.1, -0.05) is 12.1 Å². The maximum Gasteiger partial charge on any atom is 0.261 e. The number of fused-ring (bicyclic) bond motifs is 1. The Balaban J connectivity index is 1.68. The zero-order chi connectivity index (χ0) is 20.1. The molecule has 28 heavy (non-hydrogen) atoms. The summed E-state index contributed by atoms with van der Waals surface area (Å²) in [6.07, 6.45) is 1.64. The Bertz CT molecular complexity index is 1050. The molecule has 7 heteroatoms. The van der Waals surface area contributed by atoms with Crippen LogP contribution in [-0.2, 0) is 11.3 Å². The van der Waals surface area contributed by atoms with Gasteiger partial charge in [0.05, 0.1) is 37.5 Å². The zero-order valence-electron chi connectivity index (χ0n) is 16.1. The Morgan fingerprint density at radius 1 is 1.18 bits per heavy atom. The lowest BCUT2D eigenvalue weighted by Gasteiger charge is -2.18. The lowest BCUT2D eigenvalue weighted by Crippen LogP contribution is -2.29. The predicted molar refractivity (Wildman–Crippen MR) is 107 cm³/mol. The van der Waals surface area contributed by atoms with Crippen molar-refractivity contribution in [1.29, 1.82) is 0 Å². The number of nitrogens with one attached hydrogen (secondary N) is 1. The van der Waals surface area contributed by atoms with E-state index in [2.05, 4.69) is 10.3 Å². The molecular formula is C21H23N3O4. The van der Waals surface area contributed by atoms with Crippen LogP contribution >= 0.6 is 0 Å². The van der Waals surface area contributed by atoms with E-state index in [1.165, 1.54) is 10.9 Å². The number of carbonyl (C=O) groups is 1. The Kier molecular flexibility index (Phi) is 5.93. The van der Waals surface area contributed by atoms with E-state index in [-0.39, 0.29) is 30.5 Å². The Hall–Kier alpha value is -3.35. The van der Waals surface area contributed by atoms with Crippen LogP contribution in [0.4, 0.5) is 0 Å². The summed E-state index contributed by atoms with van der Waals surface area (Å²) in [6, 6.07) is 12.3. The molecule has 146 valence electrons. The van der Waals surface area contributed by atoms with E-state index < -0.39 is 0 Å². The Labute approximate surface area is 162 Å². The molecule has 0 radical (unpaired) electrons. The van der Waals surface area contributed by atoms with E-state index in [0.29, 0.717) is 22.4 Å². The number of ether oxygens (including phenoxy) is 2. The maximum absolute atomic E-state index is 12.5. The van der Waals surface area contributed by atoms with Gasteiger partial charge in [-0.2, -0.15) is 0 Å². The van der Waals surface area contributed by atoms with Gasteiger partial charge in [-0.15, -0.1) is 0 Å². The van der Waals surface area contributed by atoms with Crippen LogP contribution < -0.4 is 20.3 Å². The molecule has 1 amide bonds. The van der Waals surface area contributed by atoms with Crippen LogP contribution in [0.15, 0.2) is 53.6 Å². The highest BCUT2D eigenvalue weighted by molar-refractivity contribution is 5.77. The van der Waals surface area contributed by atoms with Gasteiger partial charge in [-0.3, -0.25) is 14.2 Å². The van der Waals surface area contributed by atoms with Crippen molar-refractivity contribution in [2.45, 2.75) is 25.9 Å². The van der Waals surface area contributed by atoms with E-state index in [4.69, 9.17) is 9.47 Å². The highest BCUT2D eigenvalue weighted by atomic mass is 16.5. The first-order valence-electron chi connectivity index (χ1n) is 8.99. The number of benzene rings is 2. The fourth-order valence-corrected chi connectivity index (χ4v) is 3.06. The van der Waals surface area contributed by atoms with E-state index >= 15 is 0 Å². The summed E-state index contributed by atoms with van der Waals surface area (Å²) in [6.45, 7) is 2.13. The number of aryl methyl sites for hydroxylation is 1. The van der Waals surface area contributed by atoms with E-state index in [9.17, 15) is 9.59 Å². The predicted octanol–water partition coefficient (Wildman–Crippen LogP) is 2.68. The molecule has 0 aliphatic rings. The molecule has 1 atom stereocenters. The fourth-order valence-electron chi connectivity index (χ4n) is 3.06. The van der Waals surface area contributed by atoms with Gasteiger partial charge in [0.1, 0.15) is 11.5 Å². The summed E-state index contributed by atoms with van der Waals surface area (Å²) in [7, 11) is 3.17. The number of para-hydroxylation sites is 1. The second-order valence-electron chi connectivity index (χ2n) is 6.41. The van der Waals surface area contributed by atoms with Crippen molar-refractivity contribution in [1.82, 2.24) is 14.9 Å². The van der Waals surface area contributed by atoms with Gasteiger partial charge in [0.2, 0.25) is 5.91 Å². The van der Waals surface area contributed by atoms with Gasteiger partial charge in [-0.05, 0) is 37.3 Å². The third kappa shape index (κ3) is 4.14. The van der Waals surface area contributed by atoms with Crippen molar-refractivity contribution >= 4 is 16.8 Å². The Morgan fingerprint density at radius 3 is 2.71 bits per heavy atom. The average molecular weight is 381 g/mol. The van der Waals surface area contributed by atoms with Gasteiger partial charge in [0, 0.05) is 18.5 Å². The minimum Gasteiger partial charge on any atom is -0.497 e. The van der Waals surface area contributed by atoms with Crippen molar-refractivity contribution in [3.05, 3.63) is 64.7 Å². The minimum atomic E-state index is -0.274. The van der Waals surface area contributed by atoms with E-state index in [1.54, 1.807) is 44.6 Å². The van der Waals surface area contributed by atoms with Crippen LogP contribution in [0.2, 0.25) is 0 Å². The summed E-state index contributed by atoms with van der Waals surface area (Å²) in [5.41, 5.74) is 1.31. The second-order valence-corrected chi connectivity index (χ2v) is 6.41. The first-order chi connectivity index (χ1) is 13.5. The lowest BCUT2D eigenvalue weighted by atomic mass is 10.1. The van der Waals surface area contributed by atoms with Crippen molar-refractivity contribution in [2.24, 2.45) is 0 Å². The first-order valence-corrected chi connectivity index (χ1v) is 8.99. The molecule has 0 bridgehead atoms. The van der Waals surface area contributed by atoms with Gasteiger partial charge < -0.3 is 14.8 Å². The summed E-state index contributed by atoms with van der Waals surface area (Å²) < 4.78 is 12.1. The number of amides is 1. The smallest absolute Gasteiger partial charge is 0.261 e. The van der Waals surface area contributed by atoms with Crippen LogP contribution in [0.25, 0.3) is 10.9 Å². The number of hydrogen-bond acceptors (Lipinski definition) is 5. The SMILES string of the molecule is COc1ccc(OC)c(C(C)NC(=O)CCn2cnc3ccccc3c2=O)c1. The summed E-state index contributed by atoms with van der Waals surface area (Å²) in [5, 5.41) is 3.48. The first kappa shape index (κ1) is 19.4. The maximum atomic E-state index is 12.5. The highest BCUT2D eigenvalue weighted by Gasteiger charge is 2.15. The summed E-state index contributed by atoms with van der Waals surface area (Å²) >= 11 is 0. The Morgan fingerprint density at radius 2 is 1.96 bits per heavy atom. The quantitative estimate of drug-likeness (QED) is 0.680. The normalized spacial score (nSPS) is 11.8. The molecule has 1 N–H and O–H groups in total. The molecule has 2 aromatic carbocycles. The monoisotopic (exact) mass is 381 g/mol. The molecular weight excluding hydrogens is 358 g/mol.